The van der Waals surface area contributed by atoms with Gasteiger partial charge in [0, 0.05) is 13.7 Å². The molecule has 0 bridgehead atoms. The lowest BCUT2D eigenvalue weighted by molar-refractivity contribution is -0.130. The van der Waals surface area contributed by atoms with Crippen molar-refractivity contribution in [2.45, 2.75) is 56.6 Å². The summed E-state index contributed by atoms with van der Waals surface area (Å²) in [5, 5.41) is 0.104. The molecule has 0 aromatic rings. The van der Waals surface area contributed by atoms with Crippen LogP contribution in [0.3, 0.4) is 0 Å². The highest BCUT2D eigenvalue weighted by molar-refractivity contribution is 6.21. The summed E-state index contributed by atoms with van der Waals surface area (Å²) in [7, 11) is 1.67. The van der Waals surface area contributed by atoms with Gasteiger partial charge < -0.3 is 14.2 Å². The molecule has 0 spiro atoms. The zero-order valence-electron chi connectivity index (χ0n) is 11.0. The predicted molar refractivity (Wildman–Crippen MR) is 69.8 cm³/mol. The lowest BCUT2D eigenvalue weighted by Gasteiger charge is -2.40. The molecule has 0 heterocycles. The third kappa shape index (κ3) is 5.56. The molecule has 0 aliphatic heterocycles. The third-order valence-electron chi connectivity index (χ3n) is 3.11. The Kier molecular flexibility index (Phi) is 8.19. The predicted octanol–water partition coefficient (Wildman–Crippen LogP) is 2.99. The van der Waals surface area contributed by atoms with Crippen LogP contribution in [0.2, 0.25) is 0 Å². The molecule has 1 fully saturated rings. The topological polar surface area (TPSA) is 27.7 Å². The maximum atomic E-state index is 6.11. The molecule has 102 valence electrons. The Labute approximate surface area is 110 Å². The van der Waals surface area contributed by atoms with Crippen molar-refractivity contribution in [2.24, 2.45) is 0 Å². The maximum Gasteiger partial charge on any atom is 0.100 e. The molecular weight excluding hydrogens is 240 g/mol. The van der Waals surface area contributed by atoms with Gasteiger partial charge in [-0.15, -0.1) is 11.6 Å². The van der Waals surface area contributed by atoms with Crippen molar-refractivity contribution in [2.75, 3.05) is 26.9 Å². The van der Waals surface area contributed by atoms with E-state index in [4.69, 9.17) is 25.8 Å². The highest BCUT2D eigenvalue weighted by atomic mass is 35.5. The van der Waals surface area contributed by atoms with Crippen LogP contribution in [-0.2, 0) is 14.2 Å². The lowest BCUT2D eigenvalue weighted by Crippen LogP contribution is -2.51. The molecule has 17 heavy (non-hydrogen) atoms. The zero-order chi connectivity index (χ0) is 12.5. The molecule has 0 radical (unpaired) electrons. The SMILES string of the molecule is CCCCCCOC1CC(Cl)C1OCCOC. The van der Waals surface area contributed by atoms with Crippen LogP contribution in [0.4, 0.5) is 0 Å². The van der Waals surface area contributed by atoms with Crippen molar-refractivity contribution in [1.82, 2.24) is 0 Å². The Hall–Kier alpha value is 0.170. The summed E-state index contributed by atoms with van der Waals surface area (Å²) in [6.07, 6.45) is 6.10. The highest BCUT2D eigenvalue weighted by Gasteiger charge is 2.41. The van der Waals surface area contributed by atoms with Crippen LogP contribution in [0.15, 0.2) is 0 Å². The summed E-state index contributed by atoms with van der Waals surface area (Å²) in [5.74, 6) is 0. The van der Waals surface area contributed by atoms with Crippen LogP contribution in [0.1, 0.15) is 39.0 Å². The van der Waals surface area contributed by atoms with Crippen LogP contribution >= 0.6 is 11.6 Å². The monoisotopic (exact) mass is 264 g/mol. The lowest BCUT2D eigenvalue weighted by atomic mass is 9.91. The van der Waals surface area contributed by atoms with Gasteiger partial charge >= 0.3 is 0 Å². The number of alkyl halides is 1. The van der Waals surface area contributed by atoms with Gasteiger partial charge in [-0.25, -0.2) is 0 Å². The fourth-order valence-electron chi connectivity index (χ4n) is 1.93. The van der Waals surface area contributed by atoms with Gasteiger partial charge in [-0.2, -0.15) is 0 Å². The Morgan fingerprint density at radius 2 is 1.88 bits per heavy atom. The molecular formula is C13H25ClO3. The second kappa shape index (κ2) is 9.15. The minimum absolute atomic E-state index is 0.0537. The standard InChI is InChI=1S/C13H25ClO3/c1-3-4-5-6-7-16-12-10-11(14)13(12)17-9-8-15-2/h11-13H,3-10H2,1-2H3. The Morgan fingerprint density at radius 1 is 1.06 bits per heavy atom. The Balaban J connectivity index is 2.03. The molecule has 1 saturated carbocycles. The van der Waals surface area contributed by atoms with Crippen molar-refractivity contribution in [3.63, 3.8) is 0 Å². The van der Waals surface area contributed by atoms with Crippen LogP contribution in [-0.4, -0.2) is 44.5 Å². The number of methoxy groups -OCH3 is 1. The molecule has 0 aromatic heterocycles. The highest BCUT2D eigenvalue weighted by Crippen LogP contribution is 2.32. The molecule has 1 aliphatic carbocycles. The van der Waals surface area contributed by atoms with E-state index in [9.17, 15) is 0 Å². The van der Waals surface area contributed by atoms with Gasteiger partial charge in [0.1, 0.15) is 6.10 Å². The average Bonchev–Trinajstić information content (AvgIpc) is 2.33. The Bertz CT molecular complexity index is 190. The van der Waals surface area contributed by atoms with E-state index in [-0.39, 0.29) is 17.6 Å². The van der Waals surface area contributed by atoms with Crippen LogP contribution in [0.5, 0.6) is 0 Å². The molecule has 1 rings (SSSR count). The number of hydrogen-bond acceptors (Lipinski definition) is 3. The Morgan fingerprint density at radius 3 is 2.53 bits per heavy atom. The molecule has 0 N–H and O–H groups in total. The fraction of sp³-hybridized carbons (Fsp3) is 1.00. The van der Waals surface area contributed by atoms with E-state index < -0.39 is 0 Å². The summed E-state index contributed by atoms with van der Waals surface area (Å²) >= 11 is 6.11. The van der Waals surface area contributed by atoms with Gasteiger partial charge in [-0.1, -0.05) is 26.2 Å². The summed E-state index contributed by atoms with van der Waals surface area (Å²) in [5.41, 5.74) is 0. The quantitative estimate of drug-likeness (QED) is 0.448. The molecule has 1 aliphatic rings. The van der Waals surface area contributed by atoms with Crippen molar-refractivity contribution < 1.29 is 14.2 Å². The van der Waals surface area contributed by atoms with Gasteiger partial charge in [-0.3, -0.25) is 0 Å². The summed E-state index contributed by atoms with van der Waals surface area (Å²) in [6.45, 7) is 4.26. The molecule has 3 atom stereocenters. The summed E-state index contributed by atoms with van der Waals surface area (Å²) in [4.78, 5) is 0. The number of unbranched alkanes of at least 4 members (excludes halogenated alkanes) is 3. The van der Waals surface area contributed by atoms with Gasteiger partial charge in [0.25, 0.3) is 0 Å². The normalized spacial score (nSPS) is 28.1. The van der Waals surface area contributed by atoms with Crippen LogP contribution < -0.4 is 0 Å². The van der Waals surface area contributed by atoms with Crippen LogP contribution in [0, 0.1) is 0 Å². The van der Waals surface area contributed by atoms with Gasteiger partial charge in [0.2, 0.25) is 0 Å². The van der Waals surface area contributed by atoms with Crippen molar-refractivity contribution in [1.29, 1.82) is 0 Å². The number of rotatable bonds is 10. The second-order valence-corrected chi connectivity index (χ2v) is 5.11. The van der Waals surface area contributed by atoms with E-state index in [0.29, 0.717) is 13.2 Å². The summed E-state index contributed by atoms with van der Waals surface area (Å²) in [6, 6.07) is 0. The first-order valence-electron chi connectivity index (χ1n) is 6.65. The fourth-order valence-corrected chi connectivity index (χ4v) is 2.34. The average molecular weight is 265 g/mol. The molecule has 0 saturated heterocycles. The van der Waals surface area contributed by atoms with Gasteiger partial charge in [0.15, 0.2) is 0 Å². The van der Waals surface area contributed by atoms with E-state index in [1.54, 1.807) is 7.11 Å². The first-order chi connectivity index (χ1) is 8.29. The first kappa shape index (κ1) is 15.2. The molecule has 4 heteroatoms. The molecule has 3 unspecified atom stereocenters. The minimum atomic E-state index is 0.0537. The van der Waals surface area contributed by atoms with E-state index >= 15 is 0 Å². The number of hydrogen-bond donors (Lipinski definition) is 0. The van der Waals surface area contributed by atoms with Crippen molar-refractivity contribution >= 4 is 11.6 Å². The van der Waals surface area contributed by atoms with E-state index in [0.717, 1.165) is 19.4 Å². The number of halogens is 1. The molecule has 0 amide bonds. The largest absolute Gasteiger partial charge is 0.382 e. The molecule has 0 aromatic carbocycles. The van der Waals surface area contributed by atoms with Gasteiger partial charge in [-0.05, 0) is 12.8 Å². The van der Waals surface area contributed by atoms with Gasteiger partial charge in [0.05, 0.1) is 24.7 Å². The molecule has 3 nitrogen and oxygen atoms in total. The zero-order valence-corrected chi connectivity index (χ0v) is 11.7. The second-order valence-electron chi connectivity index (χ2n) is 4.55. The number of ether oxygens (including phenoxy) is 3. The maximum absolute atomic E-state index is 6.11. The minimum Gasteiger partial charge on any atom is -0.382 e. The van der Waals surface area contributed by atoms with Crippen molar-refractivity contribution in [3.8, 4) is 0 Å². The van der Waals surface area contributed by atoms with Crippen molar-refractivity contribution in [3.05, 3.63) is 0 Å². The van der Waals surface area contributed by atoms with E-state index in [1.807, 2.05) is 0 Å². The summed E-state index contributed by atoms with van der Waals surface area (Å²) < 4.78 is 16.4. The van der Waals surface area contributed by atoms with Crippen LogP contribution in [0.25, 0.3) is 0 Å². The van der Waals surface area contributed by atoms with E-state index in [2.05, 4.69) is 6.92 Å². The first-order valence-corrected chi connectivity index (χ1v) is 7.09. The van der Waals surface area contributed by atoms with E-state index in [1.165, 1.54) is 19.3 Å². The third-order valence-corrected chi connectivity index (χ3v) is 3.53. The smallest absolute Gasteiger partial charge is 0.100 e.